The third-order valence-corrected chi connectivity index (χ3v) is 3.70. The third kappa shape index (κ3) is 2.31. The zero-order chi connectivity index (χ0) is 15.0. The van der Waals surface area contributed by atoms with Crippen LogP contribution in [0.1, 0.15) is 13.3 Å². The Kier molecular flexibility index (Phi) is 3.46. The molecule has 2 N–H and O–H groups in total. The van der Waals surface area contributed by atoms with E-state index in [0.29, 0.717) is 23.7 Å². The van der Waals surface area contributed by atoms with E-state index in [1.54, 1.807) is 12.3 Å². The lowest BCUT2D eigenvalue weighted by Crippen LogP contribution is -2.30. The monoisotopic (exact) mass is 349 g/mol. The zero-order valence-corrected chi connectivity index (χ0v) is 12.8. The number of imidazole rings is 1. The van der Waals surface area contributed by atoms with E-state index in [1.165, 1.54) is 4.57 Å². The maximum absolute atomic E-state index is 11.9. The topological polar surface area (TPSA) is 96.4 Å². The van der Waals surface area contributed by atoms with Gasteiger partial charge in [-0.1, -0.05) is 6.92 Å². The van der Waals surface area contributed by atoms with Gasteiger partial charge >= 0.3 is 5.69 Å². The number of aromatic nitrogens is 5. The van der Waals surface area contributed by atoms with Crippen LogP contribution in [-0.4, -0.2) is 24.5 Å². The molecule has 0 atom stereocenters. The minimum absolute atomic E-state index is 0.274. The van der Waals surface area contributed by atoms with E-state index in [2.05, 4.69) is 35.9 Å². The molecule has 0 spiro atoms. The maximum Gasteiger partial charge on any atom is 0.330 e. The molecule has 0 saturated heterocycles. The average Bonchev–Trinajstić information content (AvgIpc) is 2.89. The van der Waals surface area contributed by atoms with E-state index in [-0.39, 0.29) is 5.52 Å². The molecule has 0 unspecified atom stereocenters. The highest BCUT2D eigenvalue weighted by atomic mass is 79.9. The smallest absolute Gasteiger partial charge is 0.330 e. The molecular weight excluding hydrogens is 338 g/mol. The summed E-state index contributed by atoms with van der Waals surface area (Å²) in [7, 11) is 0. The van der Waals surface area contributed by atoms with E-state index >= 15 is 0 Å². The number of rotatable bonds is 3. The number of H-pyrrole nitrogens is 2. The molecule has 108 valence electrons. The molecule has 0 aromatic carbocycles. The van der Waals surface area contributed by atoms with Crippen LogP contribution in [0.15, 0.2) is 32.4 Å². The van der Waals surface area contributed by atoms with Gasteiger partial charge in [-0.15, -0.1) is 0 Å². The average molecular weight is 350 g/mol. The van der Waals surface area contributed by atoms with E-state index in [0.717, 1.165) is 10.9 Å². The molecule has 0 aliphatic heterocycles. The van der Waals surface area contributed by atoms with Crippen LogP contribution in [-0.2, 0) is 6.54 Å². The number of hydrogen-bond donors (Lipinski definition) is 2. The fourth-order valence-corrected chi connectivity index (χ4v) is 2.59. The lowest BCUT2D eigenvalue weighted by Gasteiger charge is -2.02. The van der Waals surface area contributed by atoms with Gasteiger partial charge in [0, 0.05) is 17.2 Å². The van der Waals surface area contributed by atoms with Gasteiger partial charge in [-0.3, -0.25) is 19.3 Å². The quantitative estimate of drug-likeness (QED) is 0.751. The van der Waals surface area contributed by atoms with E-state index in [9.17, 15) is 9.59 Å². The lowest BCUT2D eigenvalue weighted by molar-refractivity contribution is 0.653. The summed E-state index contributed by atoms with van der Waals surface area (Å²) in [6, 6.07) is 3.62. The van der Waals surface area contributed by atoms with Crippen molar-refractivity contribution in [2.45, 2.75) is 19.9 Å². The van der Waals surface area contributed by atoms with Crippen molar-refractivity contribution in [1.29, 1.82) is 0 Å². The van der Waals surface area contributed by atoms with Gasteiger partial charge in [0.1, 0.15) is 11.2 Å². The fourth-order valence-electron chi connectivity index (χ4n) is 2.14. The first-order chi connectivity index (χ1) is 10.1. The van der Waals surface area contributed by atoms with Gasteiger partial charge in [0.15, 0.2) is 11.5 Å². The molecule has 3 aromatic rings. The van der Waals surface area contributed by atoms with Crippen molar-refractivity contribution < 1.29 is 0 Å². The number of pyridine rings is 1. The summed E-state index contributed by atoms with van der Waals surface area (Å²) in [5, 5.41) is 0. The predicted molar refractivity (Wildman–Crippen MR) is 82.2 cm³/mol. The largest absolute Gasteiger partial charge is 0.331 e. The summed E-state index contributed by atoms with van der Waals surface area (Å²) < 4.78 is 2.21. The second kappa shape index (κ2) is 5.28. The molecule has 3 rings (SSSR count). The molecule has 21 heavy (non-hydrogen) atoms. The van der Waals surface area contributed by atoms with Gasteiger partial charge in [0.2, 0.25) is 0 Å². The normalized spacial score (nSPS) is 11.1. The van der Waals surface area contributed by atoms with Gasteiger partial charge in [-0.25, -0.2) is 9.78 Å². The zero-order valence-electron chi connectivity index (χ0n) is 11.2. The summed E-state index contributed by atoms with van der Waals surface area (Å²) >= 11 is 3.40. The van der Waals surface area contributed by atoms with E-state index < -0.39 is 11.2 Å². The second-order valence-corrected chi connectivity index (χ2v) is 5.38. The number of hydrogen-bond acceptors (Lipinski definition) is 4. The van der Waals surface area contributed by atoms with Crippen molar-refractivity contribution in [3.63, 3.8) is 0 Å². The summed E-state index contributed by atoms with van der Waals surface area (Å²) in [5.74, 6) is 0.443. The Balaban J connectivity index is 2.32. The van der Waals surface area contributed by atoms with Crippen LogP contribution in [0.3, 0.4) is 0 Å². The molecule has 7 nitrogen and oxygen atoms in total. The number of nitrogens with zero attached hydrogens (tertiary/aromatic N) is 3. The molecule has 8 heteroatoms. The van der Waals surface area contributed by atoms with Crippen LogP contribution >= 0.6 is 15.9 Å². The molecule has 0 radical (unpaired) electrons. The minimum atomic E-state index is -0.479. The molecule has 3 aromatic heterocycles. The summed E-state index contributed by atoms with van der Waals surface area (Å²) in [6.07, 6.45) is 2.40. The molecule has 0 bridgehead atoms. The number of fused-ring (bicyclic) bond motifs is 1. The first-order valence-corrected chi connectivity index (χ1v) is 7.25. The Bertz CT molecular complexity index is 924. The van der Waals surface area contributed by atoms with Crippen molar-refractivity contribution >= 4 is 27.1 Å². The maximum atomic E-state index is 11.9. The van der Waals surface area contributed by atoms with Gasteiger partial charge in [-0.05, 0) is 34.5 Å². The Morgan fingerprint density at radius 1 is 1.33 bits per heavy atom. The van der Waals surface area contributed by atoms with Crippen LogP contribution in [0.25, 0.3) is 22.7 Å². The van der Waals surface area contributed by atoms with Crippen LogP contribution < -0.4 is 11.2 Å². The van der Waals surface area contributed by atoms with E-state index in [1.807, 2.05) is 13.0 Å². The van der Waals surface area contributed by atoms with Crippen molar-refractivity contribution in [2.24, 2.45) is 0 Å². The van der Waals surface area contributed by atoms with Crippen LogP contribution in [0.5, 0.6) is 0 Å². The standard InChI is InChI=1S/C13H12BrN5O2/c1-2-6-19-11-9(12(20)18-13(19)21)16-10(17-11)8-7(14)4-3-5-15-8/h3-5H,2,6H2,1H3,(H,16,17)(H,18,20,21). The van der Waals surface area contributed by atoms with Crippen LogP contribution in [0.2, 0.25) is 0 Å². The van der Waals surface area contributed by atoms with Crippen molar-refractivity contribution in [2.75, 3.05) is 0 Å². The van der Waals surface area contributed by atoms with Crippen molar-refractivity contribution in [1.82, 2.24) is 24.5 Å². The van der Waals surface area contributed by atoms with Gasteiger partial charge < -0.3 is 4.98 Å². The SMILES string of the molecule is CCCn1c(=O)[nH]c(=O)c2[nH]c(-c3ncccc3Br)nc21. The van der Waals surface area contributed by atoms with Gasteiger partial charge in [0.05, 0.1) is 0 Å². The number of aryl methyl sites for hydroxylation is 1. The van der Waals surface area contributed by atoms with Gasteiger partial charge in [-0.2, -0.15) is 0 Å². The molecule has 3 heterocycles. The molecule has 0 fully saturated rings. The lowest BCUT2D eigenvalue weighted by atomic mass is 10.3. The van der Waals surface area contributed by atoms with E-state index in [4.69, 9.17) is 0 Å². The molecular formula is C13H12BrN5O2. The highest BCUT2D eigenvalue weighted by Gasteiger charge is 2.15. The number of halogens is 1. The molecule has 0 saturated carbocycles. The Hall–Kier alpha value is -2.22. The van der Waals surface area contributed by atoms with Crippen LogP contribution in [0, 0.1) is 0 Å². The minimum Gasteiger partial charge on any atom is -0.331 e. The third-order valence-electron chi connectivity index (χ3n) is 3.06. The Morgan fingerprint density at radius 3 is 2.86 bits per heavy atom. The fraction of sp³-hybridized carbons (Fsp3) is 0.231. The summed E-state index contributed by atoms with van der Waals surface area (Å²) in [4.78, 5) is 37.6. The molecule has 0 amide bonds. The highest BCUT2D eigenvalue weighted by molar-refractivity contribution is 9.10. The van der Waals surface area contributed by atoms with Gasteiger partial charge in [0.25, 0.3) is 5.56 Å². The number of aromatic amines is 2. The first kappa shape index (κ1) is 13.7. The Morgan fingerprint density at radius 2 is 2.14 bits per heavy atom. The summed E-state index contributed by atoms with van der Waals surface area (Å²) in [5.41, 5.74) is 0.276. The summed E-state index contributed by atoms with van der Waals surface area (Å²) in [6.45, 7) is 2.44. The van der Waals surface area contributed by atoms with Crippen LogP contribution in [0.4, 0.5) is 0 Å². The van der Waals surface area contributed by atoms with Crippen molar-refractivity contribution in [3.05, 3.63) is 43.6 Å². The Labute approximate surface area is 127 Å². The first-order valence-electron chi connectivity index (χ1n) is 6.45. The molecule has 0 aliphatic rings. The van der Waals surface area contributed by atoms with Crippen molar-refractivity contribution in [3.8, 4) is 11.5 Å². The highest BCUT2D eigenvalue weighted by Crippen LogP contribution is 2.24. The second-order valence-electron chi connectivity index (χ2n) is 4.53. The predicted octanol–water partition coefficient (Wildman–Crippen LogP) is 1.65. The number of nitrogens with one attached hydrogen (secondary N) is 2. The molecule has 0 aliphatic carbocycles.